The quantitative estimate of drug-likeness (QED) is 0.199. The number of amides is 1. The van der Waals surface area contributed by atoms with Crippen LogP contribution in [0.25, 0.3) is 4.83 Å². The smallest absolute Gasteiger partial charge is 0.296 e. The predicted octanol–water partition coefficient (Wildman–Crippen LogP) is 4.38. The van der Waals surface area contributed by atoms with Crippen molar-refractivity contribution in [3.63, 3.8) is 0 Å². The minimum absolute atomic E-state index is 0.0233. The maximum atomic E-state index is 13.2. The number of halogens is 3. The maximum absolute atomic E-state index is 13.2. The standard InChI is InChI=1S/C20H12Cl2FN3O3S/c21-15-9-25(29)10-16(22)17(15)24-19(28)18(27)14-8-13(26-5-6-30-20(14)26)7-11-1-3-12(23)4-2-11/h1-6,8-10,29H,7H2/p+1. The molecule has 0 atom stereocenters. The number of nitrogens with one attached hydrogen (secondary N) is 1. The second-order valence-corrected chi connectivity index (χ2v) is 8.13. The molecule has 0 radical (unpaired) electrons. The van der Waals surface area contributed by atoms with Crippen molar-refractivity contribution in [3.8, 4) is 0 Å². The van der Waals surface area contributed by atoms with Crippen molar-refractivity contribution in [2.75, 3.05) is 5.32 Å². The SMILES string of the molecule is O=C(Nc1c(Cl)c[n+](O)cc1Cl)C(=O)c1cc(Cc2ccc(F)cc2)n2ccsc12. The number of anilines is 1. The maximum Gasteiger partial charge on any atom is 0.296 e. The summed E-state index contributed by atoms with van der Waals surface area (Å²) in [6.07, 6.45) is 4.52. The zero-order valence-corrected chi connectivity index (χ0v) is 17.4. The van der Waals surface area contributed by atoms with Crippen LogP contribution >= 0.6 is 34.5 Å². The Bertz CT molecular complexity index is 1260. The van der Waals surface area contributed by atoms with Gasteiger partial charge in [-0.3, -0.25) is 14.8 Å². The van der Waals surface area contributed by atoms with Crippen molar-refractivity contribution in [1.82, 2.24) is 4.40 Å². The summed E-state index contributed by atoms with van der Waals surface area (Å²) >= 11 is 13.3. The second kappa shape index (κ2) is 8.06. The van der Waals surface area contributed by atoms with Gasteiger partial charge in [0.25, 0.3) is 11.7 Å². The van der Waals surface area contributed by atoms with Crippen LogP contribution in [0.5, 0.6) is 0 Å². The van der Waals surface area contributed by atoms with Crippen LogP contribution in [-0.4, -0.2) is 21.3 Å². The average molecular weight is 465 g/mol. The highest BCUT2D eigenvalue weighted by atomic mass is 35.5. The van der Waals surface area contributed by atoms with E-state index in [2.05, 4.69) is 5.32 Å². The van der Waals surface area contributed by atoms with Crippen molar-refractivity contribution < 1.29 is 23.9 Å². The number of thiazole rings is 1. The lowest BCUT2D eigenvalue weighted by molar-refractivity contribution is -0.904. The molecular formula is C20H13Cl2FN3O3S+. The van der Waals surface area contributed by atoms with Gasteiger partial charge in [-0.1, -0.05) is 35.3 Å². The first kappa shape index (κ1) is 20.3. The van der Waals surface area contributed by atoms with Gasteiger partial charge in [0, 0.05) is 28.4 Å². The normalized spacial score (nSPS) is 11.0. The Hall–Kier alpha value is -2.94. The largest absolute Gasteiger partial charge is 0.316 e. The Kier molecular flexibility index (Phi) is 5.46. The molecule has 2 N–H and O–H groups in total. The third-order valence-corrected chi connectivity index (χ3v) is 5.89. The van der Waals surface area contributed by atoms with Crippen molar-refractivity contribution in [2.45, 2.75) is 6.42 Å². The van der Waals surface area contributed by atoms with Gasteiger partial charge >= 0.3 is 0 Å². The third kappa shape index (κ3) is 3.89. The number of nitrogens with zero attached hydrogens (tertiary/aromatic N) is 2. The minimum atomic E-state index is -0.913. The Morgan fingerprint density at radius 1 is 1.17 bits per heavy atom. The van der Waals surface area contributed by atoms with Gasteiger partial charge in [0.05, 0.1) is 11.3 Å². The number of carbonyl (C=O) groups excluding carboxylic acids is 2. The first-order valence-electron chi connectivity index (χ1n) is 8.60. The summed E-state index contributed by atoms with van der Waals surface area (Å²) in [6, 6.07) is 7.73. The van der Waals surface area contributed by atoms with Crippen molar-refractivity contribution in [2.24, 2.45) is 0 Å². The van der Waals surface area contributed by atoms with E-state index < -0.39 is 11.7 Å². The highest BCUT2D eigenvalue weighted by Crippen LogP contribution is 2.29. The monoisotopic (exact) mass is 464 g/mol. The summed E-state index contributed by atoms with van der Waals surface area (Å²) < 4.78 is 15.6. The predicted molar refractivity (Wildman–Crippen MR) is 111 cm³/mol. The van der Waals surface area contributed by atoms with Crippen molar-refractivity contribution >= 4 is 56.7 Å². The number of ketones is 1. The molecular weight excluding hydrogens is 452 g/mol. The molecule has 0 aliphatic carbocycles. The van der Waals surface area contributed by atoms with Crippen LogP contribution in [0.3, 0.4) is 0 Å². The molecule has 6 nitrogen and oxygen atoms in total. The highest BCUT2D eigenvalue weighted by molar-refractivity contribution is 7.16. The van der Waals surface area contributed by atoms with Crippen LogP contribution in [0, 0.1) is 5.82 Å². The number of carbonyl (C=O) groups is 2. The molecule has 0 unspecified atom stereocenters. The molecule has 152 valence electrons. The number of fused-ring (bicyclic) bond motifs is 1. The summed E-state index contributed by atoms with van der Waals surface area (Å²) in [5, 5.41) is 13.6. The number of benzene rings is 1. The van der Waals surface area contributed by atoms with Crippen molar-refractivity contribution in [1.29, 1.82) is 0 Å². The van der Waals surface area contributed by atoms with Gasteiger partial charge in [-0.25, -0.2) is 4.39 Å². The molecule has 30 heavy (non-hydrogen) atoms. The molecule has 4 rings (SSSR count). The fraction of sp³-hybridized carbons (Fsp3) is 0.0500. The first-order chi connectivity index (χ1) is 14.3. The molecule has 0 saturated heterocycles. The minimum Gasteiger partial charge on any atom is -0.316 e. The lowest BCUT2D eigenvalue weighted by Crippen LogP contribution is -2.30. The molecule has 0 aliphatic rings. The molecule has 1 aromatic carbocycles. The molecule has 0 saturated carbocycles. The summed E-state index contributed by atoms with van der Waals surface area (Å²) in [5.41, 5.74) is 1.91. The van der Waals surface area contributed by atoms with E-state index in [4.69, 9.17) is 23.2 Å². The second-order valence-electron chi connectivity index (χ2n) is 6.42. The van der Waals surface area contributed by atoms with Crippen LogP contribution in [0.2, 0.25) is 10.0 Å². The summed E-state index contributed by atoms with van der Waals surface area (Å²) in [5.74, 6) is -2.00. The number of rotatable bonds is 5. The van der Waals surface area contributed by atoms with Crippen LogP contribution in [-0.2, 0) is 11.2 Å². The number of pyridine rings is 1. The molecule has 10 heteroatoms. The van der Waals surface area contributed by atoms with Gasteiger partial charge in [0.1, 0.15) is 20.7 Å². The van der Waals surface area contributed by atoms with Gasteiger partial charge in [-0.15, -0.1) is 11.3 Å². The van der Waals surface area contributed by atoms with E-state index in [1.807, 2.05) is 9.78 Å². The Morgan fingerprint density at radius 3 is 2.50 bits per heavy atom. The van der Waals surface area contributed by atoms with Crippen molar-refractivity contribution in [3.05, 3.63) is 87.0 Å². The van der Waals surface area contributed by atoms with E-state index in [0.29, 0.717) is 16.0 Å². The van der Waals surface area contributed by atoms with E-state index in [-0.39, 0.29) is 27.1 Å². The van der Waals surface area contributed by atoms with E-state index in [9.17, 15) is 19.2 Å². The molecule has 1 amide bonds. The van der Waals surface area contributed by atoms with Crippen LogP contribution in [0.1, 0.15) is 21.6 Å². The lowest BCUT2D eigenvalue weighted by Gasteiger charge is -2.06. The van der Waals surface area contributed by atoms with Gasteiger partial charge in [0.15, 0.2) is 0 Å². The van der Waals surface area contributed by atoms with E-state index in [1.165, 1.54) is 23.5 Å². The molecule has 4 aromatic rings. The summed E-state index contributed by atoms with van der Waals surface area (Å²) in [7, 11) is 0. The van der Waals surface area contributed by atoms with Gasteiger partial charge in [0.2, 0.25) is 12.4 Å². The highest BCUT2D eigenvalue weighted by Gasteiger charge is 2.25. The molecule has 0 spiro atoms. The third-order valence-electron chi connectivity index (χ3n) is 4.42. The number of hydrogen-bond acceptors (Lipinski definition) is 4. The van der Waals surface area contributed by atoms with E-state index in [0.717, 1.165) is 23.7 Å². The first-order valence-corrected chi connectivity index (χ1v) is 10.2. The molecule has 0 bridgehead atoms. The van der Waals surface area contributed by atoms with Crippen LogP contribution in [0.15, 0.2) is 54.3 Å². The van der Waals surface area contributed by atoms with Gasteiger partial charge < -0.3 is 9.72 Å². The number of Topliss-reactive ketones (excluding diaryl/α,β-unsaturated/α-hetero) is 1. The molecule has 0 aliphatic heterocycles. The van der Waals surface area contributed by atoms with E-state index >= 15 is 0 Å². The van der Waals surface area contributed by atoms with Gasteiger partial charge in [-0.2, -0.15) is 0 Å². The van der Waals surface area contributed by atoms with E-state index in [1.54, 1.807) is 24.4 Å². The zero-order valence-electron chi connectivity index (χ0n) is 15.1. The average Bonchev–Trinajstić information content (AvgIpc) is 3.29. The number of aromatic nitrogens is 2. The van der Waals surface area contributed by atoms with Crippen LogP contribution in [0.4, 0.5) is 10.1 Å². The Morgan fingerprint density at radius 2 is 1.83 bits per heavy atom. The lowest BCUT2D eigenvalue weighted by atomic mass is 10.1. The topological polar surface area (TPSA) is 74.7 Å². The molecule has 0 fully saturated rings. The summed E-state index contributed by atoms with van der Waals surface area (Å²) in [6.45, 7) is 0. The molecule has 3 heterocycles. The Balaban J connectivity index is 1.63. The summed E-state index contributed by atoms with van der Waals surface area (Å²) in [4.78, 5) is 26.0. The molecule has 3 aromatic heterocycles. The zero-order chi connectivity index (χ0) is 21.4. The number of hydrogen-bond donors (Lipinski definition) is 2. The fourth-order valence-electron chi connectivity index (χ4n) is 3.03. The Labute approximate surface area is 183 Å². The van der Waals surface area contributed by atoms with Crippen LogP contribution < -0.4 is 10.0 Å². The van der Waals surface area contributed by atoms with Gasteiger partial charge in [-0.05, 0) is 23.8 Å². The fourth-order valence-corrected chi connectivity index (χ4v) is 4.46.